The van der Waals surface area contributed by atoms with Crippen LogP contribution in [-0.2, 0) is 0 Å². The monoisotopic (exact) mass is 559 g/mol. The summed E-state index contributed by atoms with van der Waals surface area (Å²) in [6.45, 7) is 6.44. The molecule has 0 fully saturated rings. The van der Waals surface area contributed by atoms with Crippen LogP contribution < -0.4 is 10.5 Å². The molecule has 6 aromatic rings. The number of hydrogen-bond acceptors (Lipinski definition) is 4. The topological polar surface area (TPSA) is 36.8 Å². The molecule has 1 unspecified atom stereocenters. The Bertz CT molecular complexity index is 2250. The zero-order chi connectivity index (χ0) is 28.2. The van der Waals surface area contributed by atoms with Gasteiger partial charge in [-0.15, -0.1) is 11.3 Å². The normalized spacial score (nSPS) is 17.5. The van der Waals surface area contributed by atoms with E-state index in [0.29, 0.717) is 0 Å². The van der Waals surface area contributed by atoms with Crippen LogP contribution in [0.5, 0.6) is 0 Å². The van der Waals surface area contributed by atoms with E-state index in [4.69, 9.17) is 9.98 Å². The van der Waals surface area contributed by atoms with Crippen LogP contribution in [0, 0.1) is 0 Å². The van der Waals surface area contributed by atoms with Gasteiger partial charge in [0.2, 0.25) is 0 Å². The second-order valence-corrected chi connectivity index (χ2v) is 11.9. The number of benzene rings is 5. The lowest BCUT2D eigenvalue weighted by Gasteiger charge is -2.25. The van der Waals surface area contributed by atoms with E-state index < -0.39 is 0 Å². The summed E-state index contributed by atoms with van der Waals surface area (Å²) in [7, 11) is 0. The van der Waals surface area contributed by atoms with Crippen LogP contribution in [0.25, 0.3) is 53.9 Å². The molecular weight excluding hydrogens is 531 g/mol. The molecule has 0 saturated carbocycles. The first-order valence-electron chi connectivity index (χ1n) is 14.5. The average Bonchev–Trinajstić information content (AvgIpc) is 3.45. The largest absolute Gasteiger partial charge is 0.324 e. The van der Waals surface area contributed by atoms with Crippen molar-refractivity contribution in [2.45, 2.75) is 25.9 Å². The molecule has 202 valence electrons. The number of allylic oxidation sites excluding steroid dienone is 2. The molecule has 1 aliphatic heterocycles. The summed E-state index contributed by atoms with van der Waals surface area (Å²) in [5, 5.41) is 12.5. The number of nitrogens with zero attached hydrogens (tertiary/aromatic N) is 2. The van der Waals surface area contributed by atoms with E-state index >= 15 is 0 Å². The van der Waals surface area contributed by atoms with E-state index in [1.165, 1.54) is 46.9 Å². The van der Waals surface area contributed by atoms with Crippen LogP contribution in [0.3, 0.4) is 0 Å². The number of amidine groups is 2. The number of nitrogens with one attached hydrogen (secondary N) is 1. The first-order chi connectivity index (χ1) is 20.7. The van der Waals surface area contributed by atoms with Gasteiger partial charge in [0, 0.05) is 36.7 Å². The van der Waals surface area contributed by atoms with Crippen molar-refractivity contribution in [1.82, 2.24) is 5.32 Å². The summed E-state index contributed by atoms with van der Waals surface area (Å²) in [6, 6.07) is 28.1. The maximum atomic E-state index is 5.25. The molecule has 0 bridgehead atoms. The van der Waals surface area contributed by atoms with Gasteiger partial charge in [-0.2, -0.15) is 0 Å². The highest BCUT2D eigenvalue weighted by Gasteiger charge is 2.25. The SMILES string of the molecule is C=Cc1cc(C2=NC(C3=CCCC=C3)N=C(c3ccccc3)N2)c2cccc3c4sc5ccccc5c4/c(=C/C)c1c23. The molecule has 2 heterocycles. The summed E-state index contributed by atoms with van der Waals surface area (Å²) in [4.78, 5) is 10.3. The van der Waals surface area contributed by atoms with Crippen molar-refractivity contribution in [3.05, 3.63) is 131 Å². The van der Waals surface area contributed by atoms with Crippen LogP contribution in [0.2, 0.25) is 0 Å². The fourth-order valence-corrected chi connectivity index (χ4v) is 7.80. The Balaban J connectivity index is 1.44. The Morgan fingerprint density at radius 1 is 0.833 bits per heavy atom. The number of rotatable bonds is 4. The number of aliphatic imine (C=N–C) groups is 2. The summed E-state index contributed by atoms with van der Waals surface area (Å²) in [5.74, 6) is 1.68. The van der Waals surface area contributed by atoms with E-state index in [1.807, 2.05) is 23.5 Å². The van der Waals surface area contributed by atoms with Crippen molar-refractivity contribution in [3.8, 4) is 0 Å². The van der Waals surface area contributed by atoms with Gasteiger partial charge in [0.05, 0.1) is 0 Å². The maximum Gasteiger partial charge on any atom is 0.169 e. The minimum Gasteiger partial charge on any atom is -0.324 e. The van der Waals surface area contributed by atoms with Crippen molar-refractivity contribution < 1.29 is 0 Å². The van der Waals surface area contributed by atoms with Crippen molar-refractivity contribution >= 4 is 76.9 Å². The Labute approximate surface area is 248 Å². The third-order valence-electron chi connectivity index (χ3n) is 8.44. The first kappa shape index (κ1) is 25.0. The van der Waals surface area contributed by atoms with Crippen molar-refractivity contribution in [1.29, 1.82) is 0 Å². The van der Waals surface area contributed by atoms with Crippen LogP contribution in [0.1, 0.15) is 36.5 Å². The van der Waals surface area contributed by atoms with E-state index in [-0.39, 0.29) is 6.17 Å². The lowest BCUT2D eigenvalue weighted by atomic mass is 9.89. The third-order valence-corrected chi connectivity index (χ3v) is 9.65. The summed E-state index contributed by atoms with van der Waals surface area (Å²) in [6.07, 6.45) is 12.7. The van der Waals surface area contributed by atoms with Crippen LogP contribution in [0.4, 0.5) is 0 Å². The molecule has 0 radical (unpaired) electrons. The highest BCUT2D eigenvalue weighted by atomic mass is 32.1. The fourth-order valence-electron chi connectivity index (χ4n) is 6.55. The number of hydrogen-bond donors (Lipinski definition) is 1. The first-order valence-corrected chi connectivity index (χ1v) is 15.3. The zero-order valence-corrected chi connectivity index (χ0v) is 24.2. The Kier molecular flexibility index (Phi) is 5.90. The van der Waals surface area contributed by atoms with Crippen molar-refractivity contribution in [2.75, 3.05) is 0 Å². The summed E-state index contributed by atoms with van der Waals surface area (Å²) >= 11 is 1.88. The molecule has 1 aliphatic carbocycles. The molecule has 42 heavy (non-hydrogen) atoms. The van der Waals surface area contributed by atoms with Gasteiger partial charge in [-0.3, -0.25) is 0 Å². The van der Waals surface area contributed by atoms with Gasteiger partial charge < -0.3 is 5.32 Å². The molecule has 8 rings (SSSR count). The lowest BCUT2D eigenvalue weighted by Crippen LogP contribution is -2.38. The molecule has 0 saturated heterocycles. The van der Waals surface area contributed by atoms with Crippen molar-refractivity contribution in [3.63, 3.8) is 0 Å². The van der Waals surface area contributed by atoms with Crippen LogP contribution >= 0.6 is 11.3 Å². The van der Waals surface area contributed by atoms with Crippen LogP contribution in [-0.4, -0.2) is 17.8 Å². The van der Waals surface area contributed by atoms with Gasteiger partial charge in [-0.05, 0) is 64.4 Å². The Hall–Kier alpha value is -4.80. The van der Waals surface area contributed by atoms with Gasteiger partial charge in [0.1, 0.15) is 11.7 Å². The van der Waals surface area contributed by atoms with Crippen LogP contribution in [0.15, 0.2) is 119 Å². The lowest BCUT2D eigenvalue weighted by molar-refractivity contribution is 0.798. The number of thiophene rings is 1. The third kappa shape index (κ3) is 3.79. The van der Waals surface area contributed by atoms with E-state index in [9.17, 15) is 0 Å². The van der Waals surface area contributed by atoms with E-state index in [2.05, 4.69) is 116 Å². The second kappa shape index (κ2) is 9.93. The molecule has 0 amide bonds. The molecule has 3 nitrogen and oxygen atoms in total. The standard InChI is InChI=1S/C38H29N3S/c1-3-23-22-30(38-40-36(24-14-7-5-8-15-24)39-37(41-38)25-16-9-6-10-17-25)27-19-13-20-29-33(27)32(23)26(4-2)34-28-18-11-12-21-31(28)42-35(29)34/h3-5,7-9,11-22,37H,1,6,10H2,2H3,(H,39,40,41)/b26-4+. The van der Waals surface area contributed by atoms with Gasteiger partial charge in [0.25, 0.3) is 0 Å². The predicted octanol–water partition coefficient (Wildman–Crippen LogP) is 8.92. The van der Waals surface area contributed by atoms with Gasteiger partial charge in [0.15, 0.2) is 6.17 Å². The average molecular weight is 560 g/mol. The quantitative estimate of drug-likeness (QED) is 0.230. The van der Waals surface area contributed by atoms with Gasteiger partial charge >= 0.3 is 0 Å². The summed E-state index contributed by atoms with van der Waals surface area (Å²) in [5.41, 5.74) is 4.37. The number of fused-ring (bicyclic) bond motifs is 4. The molecule has 4 heteroatoms. The Morgan fingerprint density at radius 3 is 2.43 bits per heavy atom. The summed E-state index contributed by atoms with van der Waals surface area (Å²) < 4.78 is 2.64. The molecular formula is C38H29N3S. The molecule has 2 aliphatic rings. The highest BCUT2D eigenvalue weighted by Crippen LogP contribution is 2.41. The highest BCUT2D eigenvalue weighted by molar-refractivity contribution is 7.26. The predicted molar refractivity (Wildman–Crippen MR) is 183 cm³/mol. The fraction of sp³-hybridized carbons (Fsp3) is 0.105. The Morgan fingerprint density at radius 2 is 1.62 bits per heavy atom. The van der Waals surface area contributed by atoms with E-state index in [0.717, 1.165) is 46.8 Å². The van der Waals surface area contributed by atoms with Gasteiger partial charge in [-0.1, -0.05) is 104 Å². The molecule has 1 N–H and O–H groups in total. The minimum absolute atomic E-state index is 0.300. The van der Waals surface area contributed by atoms with Gasteiger partial charge in [-0.25, -0.2) is 9.98 Å². The van der Waals surface area contributed by atoms with Crippen molar-refractivity contribution in [2.24, 2.45) is 9.98 Å². The molecule has 0 spiro atoms. The smallest absolute Gasteiger partial charge is 0.169 e. The molecule has 5 aromatic carbocycles. The van der Waals surface area contributed by atoms with E-state index in [1.54, 1.807) is 0 Å². The zero-order valence-electron chi connectivity index (χ0n) is 23.4. The molecule has 1 aromatic heterocycles. The second-order valence-electron chi connectivity index (χ2n) is 10.8. The minimum atomic E-state index is -0.300. The molecule has 1 atom stereocenters. The maximum absolute atomic E-state index is 5.25.